The predicted molar refractivity (Wildman–Crippen MR) is 114 cm³/mol. The van der Waals surface area contributed by atoms with Crippen LogP contribution in [0.4, 0.5) is 13.2 Å². The third kappa shape index (κ3) is 6.22. The van der Waals surface area contributed by atoms with Gasteiger partial charge in [-0.25, -0.2) is 0 Å². The van der Waals surface area contributed by atoms with Gasteiger partial charge in [0.15, 0.2) is 0 Å². The summed E-state index contributed by atoms with van der Waals surface area (Å²) in [6, 6.07) is 18.0. The van der Waals surface area contributed by atoms with Crippen LogP contribution >= 0.6 is 0 Å². The number of aryl methyl sites for hydroxylation is 1. The Bertz CT molecular complexity index is 1080. The van der Waals surface area contributed by atoms with Crippen molar-refractivity contribution in [3.8, 4) is 16.9 Å². The second-order valence-corrected chi connectivity index (χ2v) is 7.08. The Morgan fingerprint density at radius 3 is 2.45 bits per heavy atom. The van der Waals surface area contributed by atoms with Crippen LogP contribution in [-0.2, 0) is 17.4 Å². The van der Waals surface area contributed by atoms with Crippen LogP contribution in [0.2, 0.25) is 0 Å². The molecule has 1 N–H and O–H groups in total. The van der Waals surface area contributed by atoms with Crippen molar-refractivity contribution in [1.29, 1.82) is 0 Å². The fourth-order valence-electron chi connectivity index (χ4n) is 3.13. The highest BCUT2D eigenvalue weighted by Crippen LogP contribution is 2.30. The minimum Gasteiger partial charge on any atom is -0.490 e. The van der Waals surface area contributed by atoms with Gasteiger partial charge in [0.25, 0.3) is 0 Å². The molecule has 0 fully saturated rings. The standard InChI is InChI=1S/C25H21F3O3/c1-17-7-8-19(15-24(29)30)14-23(17)20-5-2-6-22(16-20)31-13-3-4-18-9-11-21(12-10-18)25(26,27)28/h2-12,14,16H,13,15H2,1H3,(H,29,30)/b4-3+. The van der Waals surface area contributed by atoms with E-state index in [1.165, 1.54) is 12.1 Å². The maximum absolute atomic E-state index is 12.6. The van der Waals surface area contributed by atoms with Gasteiger partial charge in [0, 0.05) is 0 Å². The van der Waals surface area contributed by atoms with Crippen LogP contribution in [0.5, 0.6) is 5.75 Å². The quantitative estimate of drug-likeness (QED) is 0.476. The number of carboxylic acids is 1. The molecule has 160 valence electrons. The molecule has 0 radical (unpaired) electrons. The summed E-state index contributed by atoms with van der Waals surface area (Å²) >= 11 is 0. The molecule has 0 spiro atoms. The van der Waals surface area contributed by atoms with Gasteiger partial charge < -0.3 is 9.84 Å². The van der Waals surface area contributed by atoms with Crippen molar-refractivity contribution in [2.75, 3.05) is 6.61 Å². The van der Waals surface area contributed by atoms with Gasteiger partial charge in [0.05, 0.1) is 12.0 Å². The van der Waals surface area contributed by atoms with Crippen LogP contribution in [0.1, 0.15) is 22.3 Å². The average molecular weight is 426 g/mol. The molecule has 0 atom stereocenters. The lowest BCUT2D eigenvalue weighted by Crippen LogP contribution is -2.03. The van der Waals surface area contributed by atoms with E-state index in [4.69, 9.17) is 9.84 Å². The summed E-state index contributed by atoms with van der Waals surface area (Å²) in [5, 5.41) is 9.02. The van der Waals surface area contributed by atoms with E-state index < -0.39 is 17.7 Å². The zero-order valence-corrected chi connectivity index (χ0v) is 16.8. The number of aliphatic carboxylic acids is 1. The largest absolute Gasteiger partial charge is 0.490 e. The van der Waals surface area contributed by atoms with E-state index >= 15 is 0 Å². The van der Waals surface area contributed by atoms with Crippen molar-refractivity contribution in [1.82, 2.24) is 0 Å². The molecule has 6 heteroatoms. The van der Waals surface area contributed by atoms with Crippen molar-refractivity contribution in [3.63, 3.8) is 0 Å². The summed E-state index contributed by atoms with van der Waals surface area (Å²) in [7, 11) is 0. The van der Waals surface area contributed by atoms with E-state index in [1.807, 2.05) is 43.3 Å². The predicted octanol–water partition coefficient (Wildman–Crippen LogP) is 6.40. The highest BCUT2D eigenvalue weighted by atomic mass is 19.4. The van der Waals surface area contributed by atoms with Gasteiger partial charge in [0.2, 0.25) is 0 Å². The van der Waals surface area contributed by atoms with E-state index in [0.29, 0.717) is 11.3 Å². The summed E-state index contributed by atoms with van der Waals surface area (Å²) in [5.41, 5.74) is 3.56. The van der Waals surface area contributed by atoms with Gasteiger partial charge in [-0.2, -0.15) is 13.2 Å². The van der Waals surface area contributed by atoms with Gasteiger partial charge in [-0.1, -0.05) is 48.5 Å². The summed E-state index contributed by atoms with van der Waals surface area (Å²) in [6.45, 7) is 2.21. The van der Waals surface area contributed by atoms with E-state index in [9.17, 15) is 18.0 Å². The van der Waals surface area contributed by atoms with E-state index in [1.54, 1.807) is 18.2 Å². The maximum atomic E-state index is 12.6. The molecule has 0 amide bonds. The third-order valence-electron chi connectivity index (χ3n) is 4.70. The fourth-order valence-corrected chi connectivity index (χ4v) is 3.13. The molecule has 3 nitrogen and oxygen atoms in total. The number of rotatable bonds is 7. The molecule has 0 aliphatic heterocycles. The Morgan fingerprint density at radius 2 is 1.77 bits per heavy atom. The highest BCUT2D eigenvalue weighted by Gasteiger charge is 2.29. The molecule has 0 bridgehead atoms. The molecule has 31 heavy (non-hydrogen) atoms. The maximum Gasteiger partial charge on any atom is 0.416 e. The second-order valence-electron chi connectivity index (χ2n) is 7.08. The number of carboxylic acid groups (broad SMARTS) is 1. The molecule has 3 rings (SSSR count). The lowest BCUT2D eigenvalue weighted by molar-refractivity contribution is -0.138. The monoisotopic (exact) mass is 426 g/mol. The minimum absolute atomic E-state index is 0.0434. The first kappa shape index (κ1) is 22.2. The van der Waals surface area contributed by atoms with Crippen molar-refractivity contribution >= 4 is 12.0 Å². The smallest absolute Gasteiger partial charge is 0.416 e. The van der Waals surface area contributed by atoms with Gasteiger partial charge in [-0.05, 0) is 65.1 Å². The van der Waals surface area contributed by atoms with Crippen LogP contribution in [0.15, 0.2) is 72.8 Å². The Balaban J connectivity index is 1.66. The number of halogens is 3. The van der Waals surface area contributed by atoms with E-state index in [2.05, 4.69) is 0 Å². The Labute approximate surface area is 178 Å². The van der Waals surface area contributed by atoms with Crippen LogP contribution in [-0.4, -0.2) is 17.7 Å². The SMILES string of the molecule is Cc1ccc(CC(=O)O)cc1-c1cccc(OC/C=C/c2ccc(C(F)(F)F)cc2)c1. The number of alkyl halides is 3. The third-order valence-corrected chi connectivity index (χ3v) is 4.70. The van der Waals surface area contributed by atoms with Gasteiger partial charge in [-0.3, -0.25) is 4.79 Å². The van der Waals surface area contributed by atoms with Gasteiger partial charge in [-0.15, -0.1) is 0 Å². The van der Waals surface area contributed by atoms with Crippen LogP contribution in [0.3, 0.4) is 0 Å². The lowest BCUT2D eigenvalue weighted by Gasteiger charge is -2.10. The minimum atomic E-state index is -4.35. The van der Waals surface area contributed by atoms with Crippen LogP contribution < -0.4 is 4.74 Å². The molecule has 0 aromatic heterocycles. The zero-order valence-electron chi connectivity index (χ0n) is 16.8. The fraction of sp³-hybridized carbons (Fsp3) is 0.160. The molecular formula is C25H21F3O3. The number of carbonyl (C=O) groups is 1. The van der Waals surface area contributed by atoms with Crippen molar-refractivity contribution in [2.45, 2.75) is 19.5 Å². The molecule has 0 saturated carbocycles. The topological polar surface area (TPSA) is 46.5 Å². The first-order valence-electron chi connectivity index (χ1n) is 9.61. The number of hydrogen-bond donors (Lipinski definition) is 1. The number of ether oxygens (including phenoxy) is 1. The first-order chi connectivity index (χ1) is 14.7. The second kappa shape index (κ2) is 9.51. The molecule has 0 saturated heterocycles. The molecule has 0 aliphatic carbocycles. The molecule has 3 aromatic rings. The highest BCUT2D eigenvalue weighted by molar-refractivity contribution is 5.74. The molecule has 3 aromatic carbocycles. The molecular weight excluding hydrogens is 405 g/mol. The first-order valence-corrected chi connectivity index (χ1v) is 9.61. The average Bonchev–Trinajstić information content (AvgIpc) is 2.72. The van der Waals surface area contributed by atoms with E-state index in [0.717, 1.165) is 34.4 Å². The summed E-state index contributed by atoms with van der Waals surface area (Å²) in [4.78, 5) is 11.0. The summed E-state index contributed by atoms with van der Waals surface area (Å²) in [6.07, 6.45) is -0.961. The van der Waals surface area contributed by atoms with Gasteiger partial charge in [0.1, 0.15) is 12.4 Å². The Hall–Kier alpha value is -3.54. The molecule has 0 heterocycles. The van der Waals surface area contributed by atoms with Gasteiger partial charge >= 0.3 is 12.1 Å². The molecule has 0 aliphatic rings. The molecule has 0 unspecified atom stereocenters. The van der Waals surface area contributed by atoms with Crippen molar-refractivity contribution < 1.29 is 27.8 Å². The summed E-state index contributed by atoms with van der Waals surface area (Å²) < 4.78 is 43.6. The van der Waals surface area contributed by atoms with Crippen molar-refractivity contribution in [2.24, 2.45) is 0 Å². The van der Waals surface area contributed by atoms with Crippen LogP contribution in [0, 0.1) is 6.92 Å². The normalized spacial score (nSPS) is 11.6. The van der Waals surface area contributed by atoms with E-state index in [-0.39, 0.29) is 13.0 Å². The Kier molecular flexibility index (Phi) is 6.80. The number of benzene rings is 3. The number of hydrogen-bond acceptors (Lipinski definition) is 2. The lowest BCUT2D eigenvalue weighted by atomic mass is 9.97. The van der Waals surface area contributed by atoms with Crippen molar-refractivity contribution in [3.05, 3.63) is 95.1 Å². The summed E-state index contributed by atoms with van der Waals surface area (Å²) in [5.74, 6) is -0.246. The van der Waals surface area contributed by atoms with Crippen LogP contribution in [0.25, 0.3) is 17.2 Å². The Morgan fingerprint density at radius 1 is 1.03 bits per heavy atom. The zero-order chi connectivity index (χ0) is 22.4.